The molecule has 2 amide bonds. The number of rotatable bonds is 11. The van der Waals surface area contributed by atoms with E-state index in [2.05, 4.69) is 64.5 Å². The predicted octanol–water partition coefficient (Wildman–Crippen LogP) is 11.5. The van der Waals surface area contributed by atoms with Gasteiger partial charge < -0.3 is 29.5 Å². The van der Waals surface area contributed by atoms with E-state index in [0.717, 1.165) is 118 Å². The summed E-state index contributed by atoms with van der Waals surface area (Å²) in [5.74, 6) is 4.73. The van der Waals surface area contributed by atoms with Gasteiger partial charge in [-0.1, -0.05) is 40.2 Å². The van der Waals surface area contributed by atoms with Crippen LogP contribution in [-0.4, -0.2) is 99.8 Å². The monoisotopic (exact) mass is 988 g/mol. The first-order valence-electron chi connectivity index (χ1n) is 22.0. The molecule has 12 nitrogen and oxygen atoms in total. The Hall–Kier alpha value is -1.95. The zero-order chi connectivity index (χ0) is 44.3. The minimum atomic E-state index is -0.421. The van der Waals surface area contributed by atoms with Gasteiger partial charge in [-0.3, -0.25) is 0 Å². The van der Waals surface area contributed by atoms with Crippen LogP contribution in [0.2, 0.25) is 0 Å². The number of amides is 2. The summed E-state index contributed by atoms with van der Waals surface area (Å²) in [6, 6.07) is 16.8. The van der Waals surface area contributed by atoms with Gasteiger partial charge >= 0.3 is 12.2 Å². The number of piperidine rings is 4. The van der Waals surface area contributed by atoms with Gasteiger partial charge in [0, 0.05) is 85.0 Å². The van der Waals surface area contributed by atoms with Crippen LogP contribution in [0.5, 0.6) is 0 Å². The first-order chi connectivity index (χ1) is 29.1. The minimum Gasteiger partial charge on any atom is -0.444 e. The molecule has 6 rings (SSSR count). The molecule has 4 heterocycles. The maximum Gasteiger partial charge on any atom is 0.410 e. The maximum absolute atomic E-state index is 12.3. The Labute approximate surface area is 395 Å². The molecule has 16 heteroatoms. The molecule has 4 fully saturated rings. The molecule has 4 saturated heterocycles. The van der Waals surface area contributed by atoms with Gasteiger partial charge in [0.2, 0.25) is 0 Å². The number of hydrogen-bond donors (Lipinski definition) is 1. The Morgan fingerprint density at radius 1 is 0.597 bits per heavy atom. The average Bonchev–Trinajstić information content (AvgIpc) is 3.25. The summed E-state index contributed by atoms with van der Waals surface area (Å²) in [7, 11) is 3.01. The highest BCUT2D eigenvalue weighted by Crippen LogP contribution is 2.35. The number of hydrogen-bond acceptors (Lipinski definition) is 12. The Bertz CT molecular complexity index is 1540. The lowest BCUT2D eigenvalue weighted by atomic mass is 9.79. The number of nitrogens with zero attached hydrogens (tertiary/aromatic N) is 3. The van der Waals surface area contributed by atoms with Gasteiger partial charge in [-0.2, -0.15) is 8.67 Å². The van der Waals surface area contributed by atoms with Gasteiger partial charge in [-0.25, -0.2) is 19.4 Å². The smallest absolute Gasteiger partial charge is 0.410 e. The number of carbonyl (C=O) groups is 2. The van der Waals surface area contributed by atoms with Crippen LogP contribution < -0.4 is 10.2 Å². The SMILES string of the molecule is CC(C)(C)OC(=O)N1CCC(C2CCNCC2)CC1.COOSCc1ccc(Br)cc1.COOSCc1ccc(N2CCC(C3CCN(C(=O)OC(C)(C)C)CC3)CC2)cc1.Cl. The van der Waals surface area contributed by atoms with E-state index in [-0.39, 0.29) is 30.2 Å². The molecule has 0 spiro atoms. The second kappa shape index (κ2) is 28.2. The Kier molecular flexibility index (Phi) is 24.7. The number of halogens is 2. The van der Waals surface area contributed by atoms with Crippen molar-refractivity contribution in [3.05, 3.63) is 64.1 Å². The molecular weight excluding hydrogens is 916 g/mol. The number of carbonyl (C=O) groups excluding carboxylic acids is 2. The lowest BCUT2D eigenvalue weighted by Gasteiger charge is -2.41. The summed E-state index contributed by atoms with van der Waals surface area (Å²) in [4.78, 5) is 39.6. The molecule has 4 aliphatic heterocycles. The largest absolute Gasteiger partial charge is 0.444 e. The molecule has 62 heavy (non-hydrogen) atoms. The molecule has 0 radical (unpaired) electrons. The summed E-state index contributed by atoms with van der Waals surface area (Å²) >= 11 is 5.94. The van der Waals surface area contributed by atoms with E-state index in [1.165, 1.54) is 80.8 Å². The van der Waals surface area contributed by atoms with Crippen LogP contribution in [0.1, 0.15) is 104 Å². The third kappa shape index (κ3) is 20.5. The summed E-state index contributed by atoms with van der Waals surface area (Å²) in [6.45, 7) is 19.5. The van der Waals surface area contributed by atoms with E-state index < -0.39 is 5.60 Å². The second-order valence-electron chi connectivity index (χ2n) is 18.3. The molecule has 0 atom stereocenters. The number of likely N-dealkylation sites (tertiary alicyclic amines) is 2. The molecule has 0 aliphatic carbocycles. The molecule has 0 unspecified atom stereocenters. The van der Waals surface area contributed by atoms with Crippen molar-refractivity contribution in [1.29, 1.82) is 0 Å². The van der Waals surface area contributed by atoms with Crippen LogP contribution in [0.15, 0.2) is 53.0 Å². The highest BCUT2D eigenvalue weighted by atomic mass is 79.9. The number of anilines is 1. The summed E-state index contributed by atoms with van der Waals surface area (Å²) in [5, 5.41) is 3.42. The fraction of sp³-hybridized carbons (Fsp3) is 0.696. The molecule has 0 aromatic heterocycles. The number of nitrogens with one attached hydrogen (secondary N) is 1. The standard InChI is InChI=1S/C23H36N2O4S.C15H28N2O2.C8H9BrO2S.ClH/c1-23(2,3)28-22(26)25-15-11-20(12-16-25)19-9-13-24(14-10-19)21-7-5-18(6-8-21)17-30-29-27-4;1-15(2,3)19-14(18)17-10-6-13(7-11-17)12-4-8-16-9-5-12;1-10-11-12-6-7-2-4-8(9)5-3-7;/h5-8,19-20H,9-17H2,1-4H3;12-13,16H,4-11H2,1-3H3;2-5H,6H2,1H3;1H. The predicted molar refractivity (Wildman–Crippen MR) is 258 cm³/mol. The van der Waals surface area contributed by atoms with Gasteiger partial charge in [0.25, 0.3) is 0 Å². The third-order valence-electron chi connectivity index (χ3n) is 11.5. The van der Waals surface area contributed by atoms with Crippen molar-refractivity contribution in [2.45, 2.75) is 116 Å². The van der Waals surface area contributed by atoms with Gasteiger partial charge in [0.05, 0.1) is 14.2 Å². The van der Waals surface area contributed by atoms with Crippen molar-refractivity contribution in [1.82, 2.24) is 15.1 Å². The van der Waals surface area contributed by atoms with Crippen molar-refractivity contribution in [3.8, 4) is 0 Å². The molecule has 352 valence electrons. The van der Waals surface area contributed by atoms with Gasteiger partial charge in [-0.05, 0) is 165 Å². The molecule has 2 aromatic rings. The fourth-order valence-electron chi connectivity index (χ4n) is 8.37. The van der Waals surface area contributed by atoms with Gasteiger partial charge in [0.1, 0.15) is 11.2 Å². The zero-order valence-corrected chi connectivity index (χ0v) is 42.4. The summed E-state index contributed by atoms with van der Waals surface area (Å²) < 4.78 is 21.6. The maximum atomic E-state index is 12.3. The van der Waals surface area contributed by atoms with Crippen LogP contribution in [0, 0.1) is 23.7 Å². The summed E-state index contributed by atoms with van der Waals surface area (Å²) in [5.41, 5.74) is 2.93. The van der Waals surface area contributed by atoms with Crippen molar-refractivity contribution in [3.63, 3.8) is 0 Å². The molecular formula is C46H74BrClN4O8S2. The lowest BCUT2D eigenvalue weighted by molar-refractivity contribution is -0.160. The number of benzene rings is 2. The zero-order valence-electron chi connectivity index (χ0n) is 38.4. The Morgan fingerprint density at radius 2 is 0.952 bits per heavy atom. The van der Waals surface area contributed by atoms with Gasteiger partial charge in [0.15, 0.2) is 0 Å². The molecule has 1 N–H and O–H groups in total. The summed E-state index contributed by atoms with van der Waals surface area (Å²) in [6.07, 6.45) is 9.25. The molecule has 2 aromatic carbocycles. The Balaban J connectivity index is 0.000000273. The average molecular weight is 991 g/mol. The van der Waals surface area contributed by atoms with Gasteiger partial charge in [-0.15, -0.1) is 12.4 Å². The first-order valence-corrected chi connectivity index (χ1v) is 24.6. The number of ether oxygens (including phenoxy) is 2. The topological polar surface area (TPSA) is 111 Å². The van der Waals surface area contributed by atoms with E-state index in [9.17, 15) is 9.59 Å². The highest BCUT2D eigenvalue weighted by Gasteiger charge is 2.33. The van der Waals surface area contributed by atoms with Crippen molar-refractivity contribution in [2.75, 3.05) is 71.5 Å². The highest BCUT2D eigenvalue weighted by molar-refractivity contribution is 9.10. The van der Waals surface area contributed by atoms with Crippen molar-refractivity contribution in [2.24, 2.45) is 23.7 Å². The van der Waals surface area contributed by atoms with Crippen LogP contribution in [0.3, 0.4) is 0 Å². The second-order valence-corrected chi connectivity index (χ2v) is 20.5. The Morgan fingerprint density at radius 3 is 1.32 bits per heavy atom. The normalized spacial score (nSPS) is 18.4. The van der Waals surface area contributed by atoms with E-state index >= 15 is 0 Å². The van der Waals surface area contributed by atoms with Crippen molar-refractivity contribution < 1.29 is 37.5 Å². The van der Waals surface area contributed by atoms with E-state index in [1.807, 2.05) is 75.6 Å². The van der Waals surface area contributed by atoms with E-state index in [0.29, 0.717) is 0 Å². The van der Waals surface area contributed by atoms with Crippen LogP contribution in [0.25, 0.3) is 0 Å². The van der Waals surface area contributed by atoms with Crippen LogP contribution in [0.4, 0.5) is 15.3 Å². The molecule has 0 saturated carbocycles. The van der Waals surface area contributed by atoms with Crippen molar-refractivity contribution >= 4 is 70.3 Å². The van der Waals surface area contributed by atoms with E-state index in [1.54, 1.807) is 0 Å². The lowest BCUT2D eigenvalue weighted by Crippen LogP contribution is -2.44. The third-order valence-corrected chi connectivity index (χ3v) is 13.4. The van der Waals surface area contributed by atoms with Crippen LogP contribution >= 0.6 is 52.4 Å². The first kappa shape index (κ1) is 54.4. The van der Waals surface area contributed by atoms with Crippen LogP contribution in [-0.2, 0) is 39.4 Å². The van der Waals surface area contributed by atoms with E-state index in [4.69, 9.17) is 13.8 Å². The molecule has 0 bridgehead atoms. The quantitative estimate of drug-likeness (QED) is 0.100. The molecule has 4 aliphatic rings. The minimum absolute atomic E-state index is 0. The fourth-order valence-corrected chi connectivity index (χ4v) is 9.58.